The Morgan fingerprint density at radius 2 is 1.93 bits per heavy atom. The Morgan fingerprint density at radius 1 is 1.21 bits per heavy atom. The number of halogens is 2. The predicted octanol–water partition coefficient (Wildman–Crippen LogP) is 3.42. The third kappa shape index (κ3) is 4.13. The van der Waals surface area contributed by atoms with Gasteiger partial charge in [-0.05, 0) is 56.3 Å². The fraction of sp³-hybridized carbons (Fsp3) is 0.300. The lowest BCUT2D eigenvalue weighted by Gasteiger charge is -2.29. The fourth-order valence-corrected chi connectivity index (χ4v) is 3.74. The van der Waals surface area contributed by atoms with E-state index in [0.29, 0.717) is 38.2 Å². The number of benzene rings is 1. The summed E-state index contributed by atoms with van der Waals surface area (Å²) in [5.74, 6) is -1.52. The Labute approximate surface area is 171 Å². The van der Waals surface area contributed by atoms with Gasteiger partial charge in [0.1, 0.15) is 11.5 Å². The molecule has 0 aliphatic carbocycles. The predicted molar refractivity (Wildman–Crippen MR) is 105 cm³/mol. The molecule has 9 heteroatoms. The van der Waals surface area contributed by atoms with Crippen LogP contribution in [0.3, 0.4) is 0 Å². The van der Waals surface area contributed by atoms with Crippen molar-refractivity contribution in [2.24, 2.45) is 5.92 Å². The minimum Gasteiger partial charge on any atom is -0.481 e. The fourth-order valence-electron chi connectivity index (χ4n) is 3.57. The highest BCUT2D eigenvalue weighted by atomic mass is 35.5. The first-order valence-electron chi connectivity index (χ1n) is 9.28. The van der Waals surface area contributed by atoms with Crippen LogP contribution in [0.5, 0.6) is 0 Å². The van der Waals surface area contributed by atoms with Crippen molar-refractivity contribution in [3.63, 3.8) is 0 Å². The number of aliphatic carboxylic acids is 1. The lowest BCUT2D eigenvalue weighted by molar-refractivity contribution is -0.143. The van der Waals surface area contributed by atoms with E-state index in [0.717, 1.165) is 17.0 Å². The van der Waals surface area contributed by atoms with E-state index >= 15 is 0 Å². The maximum atomic E-state index is 13.6. The largest absolute Gasteiger partial charge is 0.481 e. The van der Waals surface area contributed by atoms with Crippen molar-refractivity contribution in [3.8, 4) is 16.9 Å². The monoisotopic (exact) mass is 415 g/mol. The van der Waals surface area contributed by atoms with Crippen LogP contribution >= 0.6 is 11.6 Å². The lowest BCUT2D eigenvalue weighted by Crippen LogP contribution is -2.36. The molecule has 150 valence electrons. The van der Waals surface area contributed by atoms with Crippen LogP contribution in [-0.4, -0.2) is 49.0 Å². The number of carboxylic acid groups (broad SMARTS) is 1. The van der Waals surface area contributed by atoms with Gasteiger partial charge in [-0.25, -0.2) is 9.07 Å². The van der Waals surface area contributed by atoms with E-state index in [2.05, 4.69) is 20.2 Å². The van der Waals surface area contributed by atoms with E-state index in [9.17, 15) is 14.3 Å². The molecular weight excluding hydrogens is 397 g/mol. The van der Waals surface area contributed by atoms with Crippen molar-refractivity contribution >= 4 is 17.6 Å². The van der Waals surface area contributed by atoms with Gasteiger partial charge in [0, 0.05) is 24.5 Å². The van der Waals surface area contributed by atoms with Crippen molar-refractivity contribution in [2.45, 2.75) is 19.4 Å². The topological polar surface area (TPSA) is 84.1 Å². The number of nitrogens with zero attached hydrogens (tertiary/aromatic N) is 5. The van der Waals surface area contributed by atoms with E-state index in [-0.39, 0.29) is 10.9 Å². The Morgan fingerprint density at radius 3 is 2.59 bits per heavy atom. The summed E-state index contributed by atoms with van der Waals surface area (Å²) in [5, 5.41) is 17.9. The number of carboxylic acids is 1. The summed E-state index contributed by atoms with van der Waals surface area (Å²) in [7, 11) is 0. The van der Waals surface area contributed by atoms with Gasteiger partial charge < -0.3 is 5.11 Å². The van der Waals surface area contributed by atoms with E-state index in [1.165, 1.54) is 12.1 Å². The Hall–Kier alpha value is -2.84. The molecule has 1 aromatic carbocycles. The van der Waals surface area contributed by atoms with Gasteiger partial charge in [0.15, 0.2) is 0 Å². The standard InChI is InChI=1S/C20H19ClFN5O2/c21-16-11-15(1-2-17(16)22)27-19(13-3-7-23-8-4-13)18(24-25-27)12-26-9-5-14(6-10-26)20(28)29/h1-4,7-8,11,14H,5-6,9-10,12H2,(H,28,29). The number of pyridine rings is 1. The Balaban J connectivity index is 1.67. The summed E-state index contributed by atoms with van der Waals surface area (Å²) in [6.07, 6.45) is 4.60. The highest BCUT2D eigenvalue weighted by molar-refractivity contribution is 6.30. The zero-order valence-corrected chi connectivity index (χ0v) is 16.3. The summed E-state index contributed by atoms with van der Waals surface area (Å²) >= 11 is 5.96. The van der Waals surface area contributed by atoms with Crippen LogP contribution < -0.4 is 0 Å². The average molecular weight is 416 g/mol. The first kappa shape index (κ1) is 19.5. The molecule has 1 saturated heterocycles. The molecule has 0 spiro atoms. The molecule has 1 fully saturated rings. The van der Waals surface area contributed by atoms with Gasteiger partial charge in [0.25, 0.3) is 0 Å². The summed E-state index contributed by atoms with van der Waals surface area (Å²) < 4.78 is 15.2. The van der Waals surface area contributed by atoms with E-state index in [4.69, 9.17) is 11.6 Å². The van der Waals surface area contributed by atoms with Crippen LogP contribution in [0.4, 0.5) is 4.39 Å². The summed E-state index contributed by atoms with van der Waals surface area (Å²) in [6.45, 7) is 1.91. The number of hydrogen-bond donors (Lipinski definition) is 1. The van der Waals surface area contributed by atoms with E-state index in [1.807, 2.05) is 12.1 Å². The average Bonchev–Trinajstić information content (AvgIpc) is 3.14. The van der Waals surface area contributed by atoms with Crippen molar-refractivity contribution in [3.05, 3.63) is 59.3 Å². The van der Waals surface area contributed by atoms with Crippen molar-refractivity contribution in [1.82, 2.24) is 24.9 Å². The second-order valence-corrected chi connectivity index (χ2v) is 7.43. The molecule has 0 radical (unpaired) electrons. The van der Waals surface area contributed by atoms with E-state index < -0.39 is 11.8 Å². The molecule has 7 nitrogen and oxygen atoms in total. The van der Waals surface area contributed by atoms with Crippen LogP contribution in [0.1, 0.15) is 18.5 Å². The van der Waals surface area contributed by atoms with Crippen molar-refractivity contribution in [1.29, 1.82) is 0 Å². The number of rotatable bonds is 5. The SMILES string of the molecule is O=C(O)C1CCN(Cc2nnn(-c3ccc(F)c(Cl)c3)c2-c2ccncc2)CC1. The van der Waals surface area contributed by atoms with Gasteiger partial charge in [-0.15, -0.1) is 5.10 Å². The molecule has 0 saturated carbocycles. The molecule has 0 unspecified atom stereocenters. The smallest absolute Gasteiger partial charge is 0.306 e. The van der Waals surface area contributed by atoms with Gasteiger partial charge in [-0.3, -0.25) is 14.7 Å². The first-order valence-corrected chi connectivity index (χ1v) is 9.66. The number of aromatic nitrogens is 4. The second-order valence-electron chi connectivity index (χ2n) is 7.02. The van der Waals surface area contributed by atoms with Gasteiger partial charge >= 0.3 is 5.97 Å². The third-order valence-corrected chi connectivity index (χ3v) is 5.44. The lowest BCUT2D eigenvalue weighted by atomic mass is 9.97. The van der Waals surface area contributed by atoms with Crippen LogP contribution in [0.15, 0.2) is 42.7 Å². The quantitative estimate of drug-likeness (QED) is 0.687. The molecule has 4 rings (SSSR count). The number of carbonyl (C=O) groups is 1. The maximum absolute atomic E-state index is 13.6. The molecule has 0 amide bonds. The Bertz CT molecular complexity index is 1020. The minimum atomic E-state index is -0.735. The zero-order chi connectivity index (χ0) is 20.4. The van der Waals surface area contributed by atoms with Crippen LogP contribution in [-0.2, 0) is 11.3 Å². The van der Waals surface area contributed by atoms with Crippen molar-refractivity contribution < 1.29 is 14.3 Å². The number of piperidine rings is 1. The molecule has 0 atom stereocenters. The minimum absolute atomic E-state index is 0.0102. The van der Waals surface area contributed by atoms with E-state index in [1.54, 1.807) is 23.1 Å². The Kier molecular flexibility index (Phi) is 5.55. The normalized spacial score (nSPS) is 15.5. The molecule has 1 N–H and O–H groups in total. The molecule has 1 aliphatic rings. The third-order valence-electron chi connectivity index (χ3n) is 5.15. The van der Waals surface area contributed by atoms with Crippen LogP contribution in [0.2, 0.25) is 5.02 Å². The zero-order valence-electron chi connectivity index (χ0n) is 15.5. The molecule has 29 heavy (non-hydrogen) atoms. The van der Waals surface area contributed by atoms with Crippen LogP contribution in [0, 0.1) is 11.7 Å². The molecule has 1 aliphatic heterocycles. The highest BCUT2D eigenvalue weighted by Gasteiger charge is 2.26. The molecule has 2 aromatic heterocycles. The molecule has 3 aromatic rings. The second kappa shape index (κ2) is 8.26. The van der Waals surface area contributed by atoms with Gasteiger partial charge in [0.2, 0.25) is 0 Å². The summed E-state index contributed by atoms with van der Waals surface area (Å²) in [5.41, 5.74) is 3.01. The summed E-state index contributed by atoms with van der Waals surface area (Å²) in [4.78, 5) is 17.4. The van der Waals surface area contributed by atoms with Gasteiger partial charge in [0.05, 0.1) is 22.3 Å². The number of likely N-dealkylation sites (tertiary alicyclic amines) is 1. The van der Waals surface area contributed by atoms with Crippen LogP contribution in [0.25, 0.3) is 16.9 Å². The molecular formula is C20H19ClFN5O2. The first-order chi connectivity index (χ1) is 14.0. The molecule has 3 heterocycles. The van der Waals surface area contributed by atoms with Crippen molar-refractivity contribution in [2.75, 3.05) is 13.1 Å². The maximum Gasteiger partial charge on any atom is 0.306 e. The van der Waals surface area contributed by atoms with Gasteiger partial charge in [-0.1, -0.05) is 16.8 Å². The highest BCUT2D eigenvalue weighted by Crippen LogP contribution is 2.28. The van der Waals surface area contributed by atoms with Gasteiger partial charge in [-0.2, -0.15) is 0 Å². The molecule has 0 bridgehead atoms. The number of hydrogen-bond acceptors (Lipinski definition) is 5. The summed E-state index contributed by atoms with van der Waals surface area (Å²) in [6, 6.07) is 8.13.